The Hall–Kier alpha value is -2.20. The lowest BCUT2D eigenvalue weighted by atomic mass is 10.2. The van der Waals surface area contributed by atoms with Gasteiger partial charge in [-0.1, -0.05) is 23.7 Å². The summed E-state index contributed by atoms with van der Waals surface area (Å²) in [7, 11) is 1.52. The van der Waals surface area contributed by atoms with Crippen LogP contribution >= 0.6 is 11.6 Å². The number of methoxy groups -OCH3 is 1. The van der Waals surface area contributed by atoms with Crippen LogP contribution in [0.3, 0.4) is 0 Å². The van der Waals surface area contributed by atoms with Gasteiger partial charge in [-0.25, -0.2) is 0 Å². The Morgan fingerprint density at radius 3 is 2.68 bits per heavy atom. The molecule has 4 nitrogen and oxygen atoms in total. The number of nitrogens with two attached hydrogens (primary N) is 1. The lowest BCUT2D eigenvalue weighted by Crippen LogP contribution is -2.13. The highest BCUT2D eigenvalue weighted by Gasteiger charge is 2.12. The second-order valence-electron chi connectivity index (χ2n) is 3.89. The Balaban J connectivity index is 2.26. The molecule has 0 saturated heterocycles. The molecule has 0 fully saturated rings. The van der Waals surface area contributed by atoms with Gasteiger partial charge < -0.3 is 15.8 Å². The van der Waals surface area contributed by atoms with Gasteiger partial charge in [-0.15, -0.1) is 0 Å². The van der Waals surface area contributed by atoms with Crippen molar-refractivity contribution in [2.24, 2.45) is 0 Å². The minimum atomic E-state index is -0.288. The molecule has 2 rings (SSSR count). The first-order valence-electron chi connectivity index (χ1n) is 5.61. The smallest absolute Gasteiger partial charge is 0.259 e. The molecule has 0 heterocycles. The van der Waals surface area contributed by atoms with Crippen LogP contribution in [0.5, 0.6) is 5.75 Å². The van der Waals surface area contributed by atoms with Gasteiger partial charge in [0.25, 0.3) is 5.91 Å². The number of hydrogen-bond donors (Lipinski definition) is 2. The number of carbonyl (C=O) groups excluding carboxylic acids is 1. The van der Waals surface area contributed by atoms with Crippen molar-refractivity contribution in [1.82, 2.24) is 0 Å². The summed E-state index contributed by atoms with van der Waals surface area (Å²) >= 11 is 6.01. The molecular weight excluding hydrogens is 264 g/mol. The molecule has 98 valence electrons. The third kappa shape index (κ3) is 2.98. The number of nitrogen functional groups attached to an aromatic ring is 1. The van der Waals surface area contributed by atoms with Gasteiger partial charge in [0.1, 0.15) is 5.75 Å². The van der Waals surface area contributed by atoms with Gasteiger partial charge in [-0.2, -0.15) is 0 Å². The first kappa shape index (κ1) is 13.2. The minimum absolute atomic E-state index is 0.288. The molecule has 0 spiro atoms. The molecule has 0 aliphatic rings. The molecule has 1 amide bonds. The number of rotatable bonds is 3. The average molecular weight is 277 g/mol. The van der Waals surface area contributed by atoms with Crippen LogP contribution in [0.15, 0.2) is 42.5 Å². The van der Waals surface area contributed by atoms with E-state index in [-0.39, 0.29) is 5.91 Å². The molecular formula is C14H13ClN2O2. The van der Waals surface area contributed by atoms with Crippen LogP contribution in [-0.2, 0) is 0 Å². The van der Waals surface area contributed by atoms with E-state index in [9.17, 15) is 4.79 Å². The number of para-hydroxylation sites is 1. The number of amides is 1. The van der Waals surface area contributed by atoms with E-state index in [4.69, 9.17) is 22.1 Å². The first-order chi connectivity index (χ1) is 9.11. The summed E-state index contributed by atoms with van der Waals surface area (Å²) in [5.41, 5.74) is 7.09. The van der Waals surface area contributed by atoms with E-state index in [1.54, 1.807) is 42.5 Å². The van der Waals surface area contributed by atoms with E-state index in [0.717, 1.165) is 0 Å². The van der Waals surface area contributed by atoms with Crippen molar-refractivity contribution < 1.29 is 9.53 Å². The van der Waals surface area contributed by atoms with Gasteiger partial charge in [0.2, 0.25) is 0 Å². The molecule has 0 radical (unpaired) electrons. The number of halogens is 1. The zero-order chi connectivity index (χ0) is 13.8. The largest absolute Gasteiger partial charge is 0.496 e. The van der Waals surface area contributed by atoms with Crippen molar-refractivity contribution in [1.29, 1.82) is 0 Å². The fraction of sp³-hybridized carbons (Fsp3) is 0.0714. The summed E-state index contributed by atoms with van der Waals surface area (Å²) in [5, 5.41) is 3.11. The normalized spacial score (nSPS) is 10.0. The molecule has 0 aromatic heterocycles. The Morgan fingerprint density at radius 2 is 2.00 bits per heavy atom. The molecule has 5 heteroatoms. The summed E-state index contributed by atoms with van der Waals surface area (Å²) < 4.78 is 5.14. The number of carbonyl (C=O) groups is 1. The third-order valence-electron chi connectivity index (χ3n) is 2.59. The highest BCUT2D eigenvalue weighted by atomic mass is 35.5. The molecule has 19 heavy (non-hydrogen) atoms. The topological polar surface area (TPSA) is 64.3 Å². The summed E-state index contributed by atoms with van der Waals surface area (Å²) in [4.78, 5) is 12.1. The van der Waals surface area contributed by atoms with Crippen LogP contribution < -0.4 is 15.8 Å². The van der Waals surface area contributed by atoms with Gasteiger partial charge in [0, 0.05) is 5.69 Å². The van der Waals surface area contributed by atoms with Crippen LogP contribution in [0.25, 0.3) is 0 Å². The van der Waals surface area contributed by atoms with Crippen LogP contribution in [0.1, 0.15) is 10.4 Å². The lowest BCUT2D eigenvalue weighted by molar-refractivity contribution is 0.102. The van der Waals surface area contributed by atoms with Crippen molar-refractivity contribution in [2.45, 2.75) is 0 Å². The monoisotopic (exact) mass is 276 g/mol. The zero-order valence-electron chi connectivity index (χ0n) is 10.3. The molecule has 0 aliphatic carbocycles. The second kappa shape index (κ2) is 5.63. The second-order valence-corrected chi connectivity index (χ2v) is 4.30. The van der Waals surface area contributed by atoms with Crippen molar-refractivity contribution in [3.63, 3.8) is 0 Å². The molecule has 0 atom stereocenters. The quantitative estimate of drug-likeness (QED) is 0.846. The summed E-state index contributed by atoms with van der Waals surface area (Å²) in [6, 6.07) is 11.9. The van der Waals surface area contributed by atoms with Gasteiger partial charge >= 0.3 is 0 Å². The van der Waals surface area contributed by atoms with Crippen molar-refractivity contribution in [2.75, 3.05) is 18.2 Å². The maximum atomic E-state index is 12.1. The van der Waals surface area contributed by atoms with Crippen LogP contribution in [-0.4, -0.2) is 13.0 Å². The number of benzene rings is 2. The number of nitrogens with one attached hydrogen (secondary N) is 1. The summed E-state index contributed by atoms with van der Waals surface area (Å²) in [5.74, 6) is 0.218. The molecule has 2 aromatic carbocycles. The van der Waals surface area contributed by atoms with E-state index in [0.29, 0.717) is 27.7 Å². The van der Waals surface area contributed by atoms with Gasteiger partial charge in [0.05, 0.1) is 23.4 Å². The molecule has 3 N–H and O–H groups in total. The highest BCUT2D eigenvalue weighted by Crippen LogP contribution is 2.26. The van der Waals surface area contributed by atoms with Crippen molar-refractivity contribution in [3.05, 3.63) is 53.1 Å². The third-order valence-corrected chi connectivity index (χ3v) is 2.91. The number of anilines is 2. The Kier molecular flexibility index (Phi) is 3.92. The first-order valence-corrected chi connectivity index (χ1v) is 5.99. The standard InChI is InChI=1S/C14H13ClN2O2/c1-19-13-5-3-2-4-10(13)14(18)17-12-7-6-9(16)8-11(12)15/h2-8H,16H2,1H3,(H,17,18). The predicted molar refractivity (Wildman–Crippen MR) is 76.8 cm³/mol. The highest BCUT2D eigenvalue weighted by molar-refractivity contribution is 6.34. The van der Waals surface area contributed by atoms with Crippen LogP contribution in [0.2, 0.25) is 5.02 Å². The maximum Gasteiger partial charge on any atom is 0.259 e. The Morgan fingerprint density at radius 1 is 1.26 bits per heavy atom. The molecule has 0 bridgehead atoms. The Labute approximate surface area is 116 Å². The van der Waals surface area contributed by atoms with Crippen LogP contribution in [0.4, 0.5) is 11.4 Å². The zero-order valence-corrected chi connectivity index (χ0v) is 11.1. The summed E-state index contributed by atoms with van der Waals surface area (Å²) in [6.45, 7) is 0. The number of ether oxygens (including phenoxy) is 1. The Bertz CT molecular complexity index is 614. The molecule has 0 unspecified atom stereocenters. The fourth-order valence-electron chi connectivity index (χ4n) is 1.65. The van der Waals surface area contributed by atoms with Gasteiger partial charge in [-0.05, 0) is 30.3 Å². The predicted octanol–water partition coefficient (Wildman–Crippen LogP) is 3.18. The van der Waals surface area contributed by atoms with Crippen molar-refractivity contribution in [3.8, 4) is 5.75 Å². The van der Waals surface area contributed by atoms with Crippen molar-refractivity contribution >= 4 is 28.9 Å². The van der Waals surface area contributed by atoms with Gasteiger partial charge in [-0.3, -0.25) is 4.79 Å². The molecule has 2 aromatic rings. The maximum absolute atomic E-state index is 12.1. The molecule has 0 aliphatic heterocycles. The van der Waals surface area contributed by atoms with E-state index in [2.05, 4.69) is 5.32 Å². The fourth-order valence-corrected chi connectivity index (χ4v) is 1.89. The SMILES string of the molecule is COc1ccccc1C(=O)Nc1ccc(N)cc1Cl. The van der Waals surface area contributed by atoms with E-state index in [1.807, 2.05) is 0 Å². The lowest BCUT2D eigenvalue weighted by Gasteiger charge is -2.10. The average Bonchev–Trinajstić information content (AvgIpc) is 2.41. The minimum Gasteiger partial charge on any atom is -0.496 e. The van der Waals surface area contributed by atoms with Crippen LogP contribution in [0, 0.1) is 0 Å². The summed E-state index contributed by atoms with van der Waals surface area (Å²) in [6.07, 6.45) is 0. The van der Waals surface area contributed by atoms with E-state index < -0.39 is 0 Å². The number of hydrogen-bond acceptors (Lipinski definition) is 3. The van der Waals surface area contributed by atoms with E-state index in [1.165, 1.54) is 7.11 Å². The molecule has 0 saturated carbocycles. The van der Waals surface area contributed by atoms with Gasteiger partial charge in [0.15, 0.2) is 0 Å². The van der Waals surface area contributed by atoms with E-state index >= 15 is 0 Å².